The standard InChI is InChI=1S/C12H17N5O2/c1-8-5-13-17(6-8)9(2)12(18)16(4)7-11-15-14-10(3)19-11/h5-6,9H,7H2,1-4H3. The summed E-state index contributed by atoms with van der Waals surface area (Å²) in [6, 6.07) is -0.359. The summed E-state index contributed by atoms with van der Waals surface area (Å²) in [7, 11) is 1.70. The van der Waals surface area contributed by atoms with Crippen molar-refractivity contribution in [3.05, 3.63) is 29.7 Å². The molecule has 0 aliphatic heterocycles. The first-order valence-corrected chi connectivity index (χ1v) is 6.02. The first-order chi connectivity index (χ1) is 8.97. The minimum Gasteiger partial charge on any atom is -0.424 e. The van der Waals surface area contributed by atoms with Gasteiger partial charge in [0.25, 0.3) is 0 Å². The highest BCUT2D eigenvalue weighted by Gasteiger charge is 2.21. The van der Waals surface area contributed by atoms with Crippen molar-refractivity contribution in [2.75, 3.05) is 7.05 Å². The van der Waals surface area contributed by atoms with Crippen molar-refractivity contribution in [2.45, 2.75) is 33.4 Å². The van der Waals surface area contributed by atoms with Gasteiger partial charge in [0.2, 0.25) is 17.7 Å². The van der Waals surface area contributed by atoms with Crippen molar-refractivity contribution in [3.8, 4) is 0 Å². The molecule has 0 spiro atoms. The van der Waals surface area contributed by atoms with Crippen molar-refractivity contribution in [3.63, 3.8) is 0 Å². The third-order valence-electron chi connectivity index (χ3n) is 2.80. The minimum absolute atomic E-state index is 0.0565. The number of carbonyl (C=O) groups is 1. The van der Waals surface area contributed by atoms with Crippen LogP contribution in [0.3, 0.4) is 0 Å². The topological polar surface area (TPSA) is 77.1 Å². The van der Waals surface area contributed by atoms with Crippen LogP contribution in [0.15, 0.2) is 16.8 Å². The normalized spacial score (nSPS) is 12.4. The number of aryl methyl sites for hydroxylation is 2. The van der Waals surface area contributed by atoms with Crippen LogP contribution in [0.25, 0.3) is 0 Å². The molecule has 0 N–H and O–H groups in total. The summed E-state index contributed by atoms with van der Waals surface area (Å²) >= 11 is 0. The lowest BCUT2D eigenvalue weighted by Gasteiger charge is -2.20. The molecule has 0 fully saturated rings. The molecule has 0 aromatic carbocycles. The maximum atomic E-state index is 12.2. The number of hydrogen-bond donors (Lipinski definition) is 0. The van der Waals surface area contributed by atoms with Gasteiger partial charge in [-0.1, -0.05) is 0 Å². The van der Waals surface area contributed by atoms with Crippen molar-refractivity contribution < 1.29 is 9.21 Å². The second-order valence-electron chi connectivity index (χ2n) is 4.58. The fraction of sp³-hybridized carbons (Fsp3) is 0.500. The van der Waals surface area contributed by atoms with Crippen LogP contribution in [0.5, 0.6) is 0 Å². The molecule has 2 aromatic rings. The molecule has 2 heterocycles. The Hall–Kier alpha value is -2.18. The molecule has 1 atom stereocenters. The predicted molar refractivity (Wildman–Crippen MR) is 67.2 cm³/mol. The summed E-state index contributed by atoms with van der Waals surface area (Å²) in [5.41, 5.74) is 1.02. The van der Waals surface area contributed by atoms with Crippen molar-refractivity contribution in [1.82, 2.24) is 24.9 Å². The second-order valence-corrected chi connectivity index (χ2v) is 4.58. The Bertz CT molecular complexity index is 574. The lowest BCUT2D eigenvalue weighted by Crippen LogP contribution is -2.33. The van der Waals surface area contributed by atoms with Gasteiger partial charge in [0.05, 0.1) is 12.7 Å². The van der Waals surface area contributed by atoms with Gasteiger partial charge in [0.1, 0.15) is 6.04 Å². The highest BCUT2D eigenvalue weighted by atomic mass is 16.4. The Morgan fingerprint density at radius 3 is 2.74 bits per heavy atom. The number of likely N-dealkylation sites (N-methyl/N-ethyl adjacent to an activating group) is 1. The van der Waals surface area contributed by atoms with Gasteiger partial charge < -0.3 is 9.32 Å². The fourth-order valence-electron chi connectivity index (χ4n) is 1.76. The van der Waals surface area contributed by atoms with E-state index in [9.17, 15) is 4.79 Å². The number of hydrogen-bond acceptors (Lipinski definition) is 5. The molecule has 19 heavy (non-hydrogen) atoms. The summed E-state index contributed by atoms with van der Waals surface area (Å²) in [6.07, 6.45) is 3.57. The zero-order valence-electron chi connectivity index (χ0n) is 11.5. The summed E-state index contributed by atoms with van der Waals surface area (Å²) < 4.78 is 6.90. The second kappa shape index (κ2) is 5.21. The molecule has 0 radical (unpaired) electrons. The number of rotatable bonds is 4. The third kappa shape index (κ3) is 2.98. The minimum atomic E-state index is -0.359. The first kappa shape index (κ1) is 13.3. The van der Waals surface area contributed by atoms with Gasteiger partial charge >= 0.3 is 0 Å². The molecule has 2 rings (SSSR count). The highest BCUT2D eigenvalue weighted by molar-refractivity contribution is 5.79. The van der Waals surface area contributed by atoms with E-state index in [1.165, 1.54) is 0 Å². The van der Waals surface area contributed by atoms with Crippen molar-refractivity contribution >= 4 is 5.91 Å². The quantitative estimate of drug-likeness (QED) is 0.825. The summed E-state index contributed by atoms with van der Waals surface area (Å²) in [5, 5.41) is 11.8. The van der Waals surface area contributed by atoms with E-state index in [1.807, 2.05) is 20.0 Å². The maximum absolute atomic E-state index is 12.2. The average molecular weight is 263 g/mol. The molecule has 0 aliphatic carbocycles. The smallest absolute Gasteiger partial charge is 0.247 e. The number of carbonyl (C=O) groups excluding carboxylic acids is 1. The van der Waals surface area contributed by atoms with Crippen LogP contribution >= 0.6 is 0 Å². The van der Waals surface area contributed by atoms with Gasteiger partial charge in [-0.15, -0.1) is 10.2 Å². The Balaban J connectivity index is 2.02. The molecule has 0 bridgehead atoms. The number of aromatic nitrogens is 4. The van der Waals surface area contributed by atoms with Gasteiger partial charge in [-0.2, -0.15) is 5.10 Å². The van der Waals surface area contributed by atoms with Crippen LogP contribution in [-0.2, 0) is 11.3 Å². The van der Waals surface area contributed by atoms with Crippen LogP contribution in [0.2, 0.25) is 0 Å². The Morgan fingerprint density at radius 1 is 1.47 bits per heavy atom. The van der Waals surface area contributed by atoms with Crippen LogP contribution in [0.4, 0.5) is 0 Å². The van der Waals surface area contributed by atoms with Gasteiger partial charge in [-0.3, -0.25) is 9.48 Å². The molecule has 7 heteroatoms. The lowest BCUT2D eigenvalue weighted by molar-refractivity contribution is -0.134. The van der Waals surface area contributed by atoms with Gasteiger partial charge in [-0.25, -0.2) is 0 Å². The Morgan fingerprint density at radius 2 is 2.21 bits per heavy atom. The van der Waals surface area contributed by atoms with Gasteiger partial charge in [-0.05, 0) is 19.4 Å². The molecule has 1 amide bonds. The molecule has 0 saturated heterocycles. The number of nitrogens with zero attached hydrogens (tertiary/aromatic N) is 5. The van der Waals surface area contributed by atoms with Crippen LogP contribution in [0.1, 0.15) is 30.3 Å². The SMILES string of the molecule is Cc1cnn(C(C)C(=O)N(C)Cc2nnc(C)o2)c1. The van der Waals surface area contributed by atoms with E-state index >= 15 is 0 Å². The average Bonchev–Trinajstić information content (AvgIpc) is 2.96. The zero-order chi connectivity index (χ0) is 14.0. The first-order valence-electron chi connectivity index (χ1n) is 6.02. The summed E-state index contributed by atoms with van der Waals surface area (Å²) in [5.74, 6) is 0.864. The molecule has 0 saturated carbocycles. The van der Waals surface area contributed by atoms with Crippen LogP contribution in [-0.4, -0.2) is 37.8 Å². The zero-order valence-corrected chi connectivity index (χ0v) is 11.5. The highest BCUT2D eigenvalue weighted by Crippen LogP contribution is 2.11. The fourth-order valence-corrected chi connectivity index (χ4v) is 1.76. The Kier molecular flexibility index (Phi) is 3.64. The molecule has 1 unspecified atom stereocenters. The summed E-state index contributed by atoms with van der Waals surface area (Å²) in [6.45, 7) is 5.76. The van der Waals surface area contributed by atoms with E-state index < -0.39 is 0 Å². The molecular formula is C12H17N5O2. The largest absolute Gasteiger partial charge is 0.424 e. The van der Waals surface area contributed by atoms with Crippen molar-refractivity contribution in [1.29, 1.82) is 0 Å². The molecule has 0 aliphatic rings. The molecular weight excluding hydrogens is 246 g/mol. The van der Waals surface area contributed by atoms with Crippen molar-refractivity contribution in [2.24, 2.45) is 0 Å². The van der Waals surface area contributed by atoms with E-state index in [2.05, 4.69) is 15.3 Å². The molecule has 7 nitrogen and oxygen atoms in total. The van der Waals surface area contributed by atoms with E-state index in [4.69, 9.17) is 4.42 Å². The third-order valence-corrected chi connectivity index (χ3v) is 2.80. The predicted octanol–water partition coefficient (Wildman–Crippen LogP) is 1.10. The summed E-state index contributed by atoms with van der Waals surface area (Å²) in [4.78, 5) is 13.8. The Labute approximate surface area is 111 Å². The van der Waals surface area contributed by atoms with E-state index in [1.54, 1.807) is 29.7 Å². The molecule has 2 aromatic heterocycles. The lowest BCUT2D eigenvalue weighted by atomic mass is 10.3. The van der Waals surface area contributed by atoms with Gasteiger partial charge in [0.15, 0.2) is 0 Å². The molecule has 102 valence electrons. The van der Waals surface area contributed by atoms with E-state index in [-0.39, 0.29) is 11.9 Å². The van der Waals surface area contributed by atoms with Crippen LogP contribution in [0, 0.1) is 13.8 Å². The van der Waals surface area contributed by atoms with Gasteiger partial charge in [0, 0.05) is 20.2 Å². The van der Waals surface area contributed by atoms with E-state index in [0.717, 1.165) is 5.56 Å². The maximum Gasteiger partial charge on any atom is 0.247 e. The van der Waals surface area contributed by atoms with E-state index in [0.29, 0.717) is 18.3 Å². The monoisotopic (exact) mass is 263 g/mol. The number of amides is 1. The van der Waals surface area contributed by atoms with Crippen LogP contribution < -0.4 is 0 Å².